The van der Waals surface area contributed by atoms with Crippen molar-refractivity contribution in [2.24, 2.45) is 7.05 Å². The van der Waals surface area contributed by atoms with Gasteiger partial charge in [0.25, 0.3) is 5.89 Å². The lowest BCUT2D eigenvalue weighted by Gasteiger charge is -1.97. The van der Waals surface area contributed by atoms with E-state index in [1.54, 1.807) is 4.68 Å². The molecular weight excluding hydrogens is 244 g/mol. The van der Waals surface area contributed by atoms with E-state index in [1.807, 2.05) is 38.2 Å². The summed E-state index contributed by atoms with van der Waals surface area (Å²) >= 11 is 0. The average Bonchev–Trinajstić information content (AvgIpc) is 3.04. The molecule has 0 saturated carbocycles. The van der Waals surface area contributed by atoms with Crippen LogP contribution in [0.4, 0.5) is 0 Å². The van der Waals surface area contributed by atoms with Crippen LogP contribution in [0.3, 0.4) is 0 Å². The maximum atomic E-state index is 9.70. The van der Waals surface area contributed by atoms with E-state index in [9.17, 15) is 5.11 Å². The Morgan fingerprint density at radius 1 is 1.37 bits per heavy atom. The summed E-state index contributed by atoms with van der Waals surface area (Å²) in [6, 6.07) is 7.82. The number of aliphatic hydroxyl groups is 1. The molecule has 3 rings (SSSR count). The number of nitrogens with zero attached hydrogens (tertiary/aromatic N) is 4. The number of rotatable bonds is 3. The Labute approximate surface area is 109 Å². The molecule has 6 nitrogen and oxygen atoms in total. The predicted octanol–water partition coefficient (Wildman–Crippen LogP) is 2.07. The minimum absolute atomic E-state index is 0.298. The maximum Gasteiger partial charge on any atom is 0.279 e. The van der Waals surface area contributed by atoms with Gasteiger partial charge in [-0.15, -0.1) is 0 Å². The number of fused-ring (bicyclic) bond motifs is 1. The second kappa shape index (κ2) is 4.47. The topological polar surface area (TPSA) is 77.0 Å². The van der Waals surface area contributed by atoms with Crippen LogP contribution in [0, 0.1) is 0 Å². The molecule has 0 bridgehead atoms. The molecule has 1 atom stereocenters. The summed E-state index contributed by atoms with van der Waals surface area (Å²) < 4.78 is 6.97. The fourth-order valence-electron chi connectivity index (χ4n) is 2.02. The van der Waals surface area contributed by atoms with E-state index in [4.69, 9.17) is 4.52 Å². The monoisotopic (exact) mass is 258 g/mol. The van der Waals surface area contributed by atoms with Crippen molar-refractivity contribution < 1.29 is 9.63 Å². The Morgan fingerprint density at radius 3 is 2.95 bits per heavy atom. The van der Waals surface area contributed by atoms with Crippen molar-refractivity contribution in [3.05, 3.63) is 30.1 Å². The van der Waals surface area contributed by atoms with Gasteiger partial charge in [-0.25, -0.2) is 0 Å². The molecule has 0 aliphatic rings. The molecule has 0 spiro atoms. The third kappa shape index (κ3) is 1.90. The van der Waals surface area contributed by atoms with Gasteiger partial charge in [0, 0.05) is 12.4 Å². The molecule has 6 heteroatoms. The number of aliphatic hydroxyl groups excluding tert-OH is 1. The van der Waals surface area contributed by atoms with E-state index in [2.05, 4.69) is 15.2 Å². The molecule has 1 aromatic carbocycles. The number of hydrogen-bond acceptors (Lipinski definition) is 5. The summed E-state index contributed by atoms with van der Waals surface area (Å²) in [5.74, 6) is 0.631. The van der Waals surface area contributed by atoms with Crippen molar-refractivity contribution in [3.8, 4) is 11.6 Å². The lowest BCUT2D eigenvalue weighted by Crippen LogP contribution is -1.97. The second-order valence-corrected chi connectivity index (χ2v) is 4.37. The van der Waals surface area contributed by atoms with E-state index in [0.717, 1.165) is 10.9 Å². The van der Waals surface area contributed by atoms with Gasteiger partial charge in [-0.2, -0.15) is 10.1 Å². The fraction of sp³-hybridized carbons (Fsp3) is 0.308. The summed E-state index contributed by atoms with van der Waals surface area (Å²) in [7, 11) is 1.87. The summed E-state index contributed by atoms with van der Waals surface area (Å²) in [5, 5.41) is 18.8. The lowest BCUT2D eigenvalue weighted by atomic mass is 10.2. The smallest absolute Gasteiger partial charge is 0.279 e. The molecule has 19 heavy (non-hydrogen) atoms. The van der Waals surface area contributed by atoms with Crippen molar-refractivity contribution in [2.75, 3.05) is 0 Å². The van der Waals surface area contributed by atoms with Gasteiger partial charge in [-0.3, -0.25) is 4.68 Å². The summed E-state index contributed by atoms with van der Waals surface area (Å²) in [4.78, 5) is 4.21. The molecule has 0 saturated heterocycles. The maximum absolute atomic E-state index is 9.70. The third-order valence-corrected chi connectivity index (χ3v) is 3.09. The van der Waals surface area contributed by atoms with Crippen LogP contribution in [0.25, 0.3) is 22.5 Å². The van der Waals surface area contributed by atoms with Gasteiger partial charge in [0.2, 0.25) is 5.82 Å². The highest BCUT2D eigenvalue weighted by molar-refractivity contribution is 5.91. The largest absolute Gasteiger partial charge is 0.385 e. The van der Waals surface area contributed by atoms with Gasteiger partial charge in [-0.05, 0) is 12.5 Å². The van der Waals surface area contributed by atoms with Crippen LogP contribution in [0.1, 0.15) is 25.3 Å². The van der Waals surface area contributed by atoms with Crippen LogP contribution >= 0.6 is 0 Å². The van der Waals surface area contributed by atoms with Crippen molar-refractivity contribution >= 4 is 10.9 Å². The molecule has 0 amide bonds. The first-order valence-corrected chi connectivity index (χ1v) is 6.14. The Hall–Kier alpha value is -2.21. The summed E-state index contributed by atoms with van der Waals surface area (Å²) in [5.41, 5.74) is 1.63. The van der Waals surface area contributed by atoms with Crippen molar-refractivity contribution in [2.45, 2.75) is 19.4 Å². The standard InChI is InChI=1S/C13H14N4O2/c1-3-10(18)12-14-13(19-16-12)11-8-6-4-5-7-9(8)17(2)15-11/h4-7,10,18H,3H2,1-2H3. The van der Waals surface area contributed by atoms with E-state index >= 15 is 0 Å². The quantitative estimate of drug-likeness (QED) is 0.778. The molecule has 0 aliphatic heterocycles. The molecule has 2 aromatic heterocycles. The molecular formula is C13H14N4O2. The van der Waals surface area contributed by atoms with Crippen LogP contribution in [-0.2, 0) is 7.05 Å². The fourth-order valence-corrected chi connectivity index (χ4v) is 2.02. The number of hydrogen-bond donors (Lipinski definition) is 1. The van der Waals surface area contributed by atoms with E-state index in [-0.39, 0.29) is 0 Å². The van der Waals surface area contributed by atoms with Gasteiger partial charge < -0.3 is 9.63 Å². The Bertz CT molecular complexity index is 716. The molecule has 98 valence electrons. The normalized spacial score (nSPS) is 13.0. The first kappa shape index (κ1) is 11.9. The van der Waals surface area contributed by atoms with Gasteiger partial charge in [0.15, 0.2) is 5.69 Å². The summed E-state index contributed by atoms with van der Waals surface area (Å²) in [6.45, 7) is 1.86. The van der Waals surface area contributed by atoms with Gasteiger partial charge >= 0.3 is 0 Å². The highest BCUT2D eigenvalue weighted by Crippen LogP contribution is 2.27. The zero-order chi connectivity index (χ0) is 13.4. The summed E-state index contributed by atoms with van der Waals surface area (Å²) in [6.07, 6.45) is -0.158. The Kier molecular flexibility index (Phi) is 2.79. The molecule has 1 N–H and O–H groups in total. The van der Waals surface area contributed by atoms with Gasteiger partial charge in [-0.1, -0.05) is 30.3 Å². The van der Waals surface area contributed by atoms with Crippen LogP contribution in [-0.4, -0.2) is 25.0 Å². The van der Waals surface area contributed by atoms with Crippen molar-refractivity contribution in [1.29, 1.82) is 0 Å². The Morgan fingerprint density at radius 2 is 2.16 bits per heavy atom. The molecule has 0 radical (unpaired) electrons. The number of benzene rings is 1. The van der Waals surface area contributed by atoms with Crippen molar-refractivity contribution in [1.82, 2.24) is 19.9 Å². The number of aromatic nitrogens is 4. The first-order chi connectivity index (χ1) is 9.20. The first-order valence-electron chi connectivity index (χ1n) is 6.14. The molecule has 1 unspecified atom stereocenters. The third-order valence-electron chi connectivity index (χ3n) is 3.09. The van der Waals surface area contributed by atoms with E-state index in [0.29, 0.717) is 23.8 Å². The minimum atomic E-state index is -0.701. The molecule has 2 heterocycles. The SMILES string of the molecule is CCC(O)c1noc(-c2nn(C)c3ccccc23)n1. The highest BCUT2D eigenvalue weighted by atomic mass is 16.5. The molecule has 0 aliphatic carbocycles. The zero-order valence-electron chi connectivity index (χ0n) is 10.7. The molecule has 3 aromatic rings. The highest BCUT2D eigenvalue weighted by Gasteiger charge is 2.19. The van der Waals surface area contributed by atoms with E-state index < -0.39 is 6.10 Å². The predicted molar refractivity (Wildman–Crippen MR) is 69.3 cm³/mol. The Balaban J connectivity index is 2.12. The van der Waals surface area contributed by atoms with Crippen LogP contribution in [0.5, 0.6) is 0 Å². The van der Waals surface area contributed by atoms with Crippen LogP contribution in [0.2, 0.25) is 0 Å². The average molecular weight is 258 g/mol. The molecule has 0 fully saturated rings. The second-order valence-electron chi connectivity index (χ2n) is 4.37. The van der Waals surface area contributed by atoms with Gasteiger partial charge in [0.05, 0.1) is 5.52 Å². The number of aryl methyl sites for hydroxylation is 1. The lowest BCUT2D eigenvalue weighted by molar-refractivity contribution is 0.159. The van der Waals surface area contributed by atoms with Crippen LogP contribution in [0.15, 0.2) is 28.8 Å². The van der Waals surface area contributed by atoms with Crippen LogP contribution < -0.4 is 0 Å². The van der Waals surface area contributed by atoms with Gasteiger partial charge in [0.1, 0.15) is 6.10 Å². The minimum Gasteiger partial charge on any atom is -0.385 e. The van der Waals surface area contributed by atoms with Crippen molar-refractivity contribution in [3.63, 3.8) is 0 Å². The van der Waals surface area contributed by atoms with E-state index in [1.165, 1.54) is 0 Å². The zero-order valence-corrected chi connectivity index (χ0v) is 10.7. The number of para-hydroxylation sites is 1.